The number of piperazine rings is 1. The van der Waals surface area contributed by atoms with Crippen LogP contribution in [0.25, 0.3) is 0 Å². The normalized spacial score (nSPS) is 22.6. The molecular weight excluding hydrogens is 352 g/mol. The highest BCUT2D eigenvalue weighted by Gasteiger charge is 2.34. The Balaban J connectivity index is 1.34. The lowest BCUT2D eigenvalue weighted by molar-refractivity contribution is -0.134. The summed E-state index contributed by atoms with van der Waals surface area (Å²) in [6.07, 6.45) is 5.70. The Morgan fingerprint density at radius 2 is 1.61 bits per heavy atom. The van der Waals surface area contributed by atoms with Crippen LogP contribution in [0.4, 0.5) is 0 Å². The van der Waals surface area contributed by atoms with Crippen LogP contribution in [-0.2, 0) is 9.59 Å². The van der Waals surface area contributed by atoms with Crippen molar-refractivity contribution >= 4 is 11.8 Å². The number of piperidine rings is 1. The molecule has 1 N–H and O–H groups in total. The first kappa shape index (κ1) is 19.4. The second kappa shape index (κ2) is 9.05. The summed E-state index contributed by atoms with van der Waals surface area (Å²) in [5.41, 5.74) is 1.05. The van der Waals surface area contributed by atoms with Gasteiger partial charge in [0.15, 0.2) is 0 Å². The SMILES string of the molecule is O=C(NC1CC1)[C@@H](c1ccccc1)N1CCN(CC(=O)N2CCCCC2)CC1. The van der Waals surface area contributed by atoms with Gasteiger partial charge in [-0.25, -0.2) is 0 Å². The molecule has 6 nitrogen and oxygen atoms in total. The second-order valence-electron chi connectivity index (χ2n) is 8.35. The molecule has 0 unspecified atom stereocenters. The van der Waals surface area contributed by atoms with Crippen molar-refractivity contribution in [3.8, 4) is 0 Å². The molecule has 1 atom stereocenters. The Bertz CT molecular complexity index is 662. The first-order valence-corrected chi connectivity index (χ1v) is 10.8. The molecule has 0 spiro atoms. The maximum Gasteiger partial charge on any atom is 0.242 e. The van der Waals surface area contributed by atoms with E-state index in [2.05, 4.69) is 15.1 Å². The molecule has 2 saturated heterocycles. The molecule has 3 aliphatic rings. The van der Waals surface area contributed by atoms with Crippen molar-refractivity contribution in [1.82, 2.24) is 20.0 Å². The third-order valence-electron chi connectivity index (χ3n) is 6.13. The van der Waals surface area contributed by atoms with Crippen LogP contribution in [0, 0.1) is 0 Å². The monoisotopic (exact) mass is 384 g/mol. The van der Waals surface area contributed by atoms with E-state index in [0.29, 0.717) is 12.6 Å². The van der Waals surface area contributed by atoms with Crippen LogP contribution in [0.5, 0.6) is 0 Å². The summed E-state index contributed by atoms with van der Waals surface area (Å²) in [5, 5.41) is 3.18. The summed E-state index contributed by atoms with van der Waals surface area (Å²) in [5.74, 6) is 0.380. The molecule has 6 heteroatoms. The van der Waals surface area contributed by atoms with Crippen molar-refractivity contribution < 1.29 is 9.59 Å². The lowest BCUT2D eigenvalue weighted by Crippen LogP contribution is -2.53. The first-order chi connectivity index (χ1) is 13.7. The largest absolute Gasteiger partial charge is 0.352 e. The van der Waals surface area contributed by atoms with Crippen LogP contribution >= 0.6 is 0 Å². The van der Waals surface area contributed by atoms with Crippen molar-refractivity contribution in [3.05, 3.63) is 35.9 Å². The molecule has 1 aromatic carbocycles. The van der Waals surface area contributed by atoms with Crippen LogP contribution in [0.2, 0.25) is 0 Å². The average Bonchev–Trinajstić information content (AvgIpc) is 3.55. The highest BCUT2D eigenvalue weighted by molar-refractivity contribution is 5.83. The smallest absolute Gasteiger partial charge is 0.242 e. The number of benzene rings is 1. The van der Waals surface area contributed by atoms with Crippen LogP contribution < -0.4 is 5.32 Å². The van der Waals surface area contributed by atoms with Gasteiger partial charge in [-0.2, -0.15) is 0 Å². The minimum Gasteiger partial charge on any atom is -0.352 e. The number of carbonyl (C=O) groups excluding carboxylic acids is 2. The predicted molar refractivity (Wildman–Crippen MR) is 109 cm³/mol. The maximum atomic E-state index is 12.9. The maximum absolute atomic E-state index is 12.9. The van der Waals surface area contributed by atoms with Crippen molar-refractivity contribution in [2.24, 2.45) is 0 Å². The minimum atomic E-state index is -0.234. The molecule has 4 rings (SSSR count). The number of carbonyl (C=O) groups is 2. The standard InChI is InChI=1S/C22H32N4O2/c27-20(25-11-5-2-6-12-25)17-24-13-15-26(16-14-24)21(18-7-3-1-4-8-18)22(28)23-19-9-10-19/h1,3-4,7-8,19,21H,2,5-6,9-17H2,(H,23,28)/t21-/m1/s1. The Morgan fingerprint density at radius 1 is 0.929 bits per heavy atom. The van der Waals surface area contributed by atoms with Crippen molar-refractivity contribution in [3.63, 3.8) is 0 Å². The van der Waals surface area contributed by atoms with Crippen LogP contribution in [0.1, 0.15) is 43.7 Å². The zero-order valence-corrected chi connectivity index (χ0v) is 16.7. The Hall–Kier alpha value is -1.92. The molecule has 28 heavy (non-hydrogen) atoms. The fourth-order valence-electron chi connectivity index (χ4n) is 4.29. The lowest BCUT2D eigenvalue weighted by atomic mass is 10.0. The molecular formula is C22H32N4O2. The second-order valence-corrected chi connectivity index (χ2v) is 8.35. The lowest BCUT2D eigenvalue weighted by Gasteiger charge is -2.39. The number of nitrogens with zero attached hydrogens (tertiary/aromatic N) is 3. The van der Waals surface area contributed by atoms with Crippen molar-refractivity contribution in [1.29, 1.82) is 0 Å². The summed E-state index contributed by atoms with van der Waals surface area (Å²) in [6.45, 7) is 5.62. The van der Waals surface area contributed by atoms with Gasteiger partial charge in [-0.3, -0.25) is 19.4 Å². The van der Waals surface area contributed by atoms with E-state index in [0.717, 1.165) is 70.5 Å². The summed E-state index contributed by atoms with van der Waals surface area (Å²) in [7, 11) is 0. The third kappa shape index (κ3) is 4.92. The summed E-state index contributed by atoms with van der Waals surface area (Å²) < 4.78 is 0. The van der Waals surface area contributed by atoms with Gasteiger partial charge < -0.3 is 10.2 Å². The number of hydrogen-bond acceptors (Lipinski definition) is 4. The minimum absolute atomic E-state index is 0.117. The quantitative estimate of drug-likeness (QED) is 0.810. The molecule has 0 radical (unpaired) electrons. The van der Waals surface area contributed by atoms with Gasteiger partial charge >= 0.3 is 0 Å². The zero-order valence-electron chi connectivity index (χ0n) is 16.7. The summed E-state index contributed by atoms with van der Waals surface area (Å²) in [4.78, 5) is 32.0. The number of rotatable bonds is 6. The van der Waals surface area contributed by atoms with E-state index in [-0.39, 0.29) is 17.9 Å². The fourth-order valence-corrected chi connectivity index (χ4v) is 4.29. The third-order valence-corrected chi connectivity index (χ3v) is 6.13. The predicted octanol–water partition coefficient (Wildman–Crippen LogP) is 1.64. The molecule has 0 aromatic heterocycles. The highest BCUT2D eigenvalue weighted by atomic mass is 16.2. The van der Waals surface area contributed by atoms with Gasteiger partial charge in [0.1, 0.15) is 6.04 Å². The van der Waals surface area contributed by atoms with E-state index in [1.807, 2.05) is 35.2 Å². The summed E-state index contributed by atoms with van der Waals surface area (Å²) in [6, 6.07) is 10.2. The molecule has 2 aliphatic heterocycles. The van der Waals surface area contributed by atoms with Crippen molar-refractivity contribution in [2.75, 3.05) is 45.8 Å². The van der Waals surface area contributed by atoms with E-state index in [1.54, 1.807) is 0 Å². The van der Waals surface area contributed by atoms with Gasteiger partial charge in [0.25, 0.3) is 0 Å². The first-order valence-electron chi connectivity index (χ1n) is 10.8. The number of hydrogen-bond donors (Lipinski definition) is 1. The molecule has 3 fully saturated rings. The molecule has 1 saturated carbocycles. The topological polar surface area (TPSA) is 55.9 Å². The van der Waals surface area contributed by atoms with Gasteiger partial charge in [0, 0.05) is 45.3 Å². The molecule has 1 aliphatic carbocycles. The van der Waals surface area contributed by atoms with E-state index in [1.165, 1.54) is 6.42 Å². The van der Waals surface area contributed by atoms with Crippen LogP contribution in [-0.4, -0.2) is 78.4 Å². The Kier molecular flexibility index (Phi) is 6.27. The average molecular weight is 385 g/mol. The van der Waals surface area contributed by atoms with Gasteiger partial charge in [-0.05, 0) is 37.7 Å². The molecule has 0 bridgehead atoms. The number of nitrogens with one attached hydrogen (secondary N) is 1. The van der Waals surface area contributed by atoms with Gasteiger partial charge in [0.05, 0.1) is 6.54 Å². The van der Waals surface area contributed by atoms with Crippen LogP contribution in [0.15, 0.2) is 30.3 Å². The summed E-state index contributed by atoms with van der Waals surface area (Å²) >= 11 is 0. The van der Waals surface area contributed by atoms with E-state index >= 15 is 0 Å². The van der Waals surface area contributed by atoms with E-state index < -0.39 is 0 Å². The van der Waals surface area contributed by atoms with E-state index in [9.17, 15) is 9.59 Å². The van der Waals surface area contributed by atoms with Crippen molar-refractivity contribution in [2.45, 2.75) is 44.2 Å². The van der Waals surface area contributed by atoms with Crippen LogP contribution in [0.3, 0.4) is 0 Å². The number of likely N-dealkylation sites (tertiary alicyclic amines) is 1. The van der Waals surface area contributed by atoms with Gasteiger partial charge in [0.2, 0.25) is 11.8 Å². The molecule has 1 aromatic rings. The Labute approximate surface area is 167 Å². The zero-order chi connectivity index (χ0) is 19.3. The molecule has 2 heterocycles. The fraction of sp³-hybridized carbons (Fsp3) is 0.636. The van der Waals surface area contributed by atoms with E-state index in [4.69, 9.17) is 0 Å². The highest BCUT2D eigenvalue weighted by Crippen LogP contribution is 2.26. The Morgan fingerprint density at radius 3 is 2.25 bits per heavy atom. The van der Waals surface area contributed by atoms with Gasteiger partial charge in [-0.15, -0.1) is 0 Å². The molecule has 2 amide bonds. The van der Waals surface area contributed by atoms with Gasteiger partial charge in [-0.1, -0.05) is 30.3 Å². The molecule has 152 valence electrons. The number of amides is 2.